The van der Waals surface area contributed by atoms with Gasteiger partial charge in [0, 0.05) is 12.5 Å². The molecule has 164 valence electrons. The average molecular weight is 448 g/mol. The van der Waals surface area contributed by atoms with Crippen LogP contribution in [-0.2, 0) is 14.3 Å². The largest absolute Gasteiger partial charge is 0.497 e. The molecule has 3 N–H and O–H groups in total. The van der Waals surface area contributed by atoms with Crippen LogP contribution >= 0.6 is 11.3 Å². The average Bonchev–Trinajstić information content (AvgIpc) is 3.33. The predicted octanol–water partition coefficient (Wildman–Crippen LogP) is 1.48. The number of hydrogen-bond acceptors (Lipinski definition) is 8. The first-order valence-electron chi connectivity index (χ1n) is 9.06. The van der Waals surface area contributed by atoms with Crippen molar-refractivity contribution < 1.29 is 33.8 Å². The molecule has 0 bridgehead atoms. The molecule has 2 aromatic rings. The summed E-state index contributed by atoms with van der Waals surface area (Å²) >= 11 is 0.907. The maximum absolute atomic E-state index is 13.1. The van der Waals surface area contributed by atoms with E-state index in [2.05, 4.69) is 15.6 Å². The van der Waals surface area contributed by atoms with Crippen molar-refractivity contribution in [1.82, 2.24) is 15.2 Å². The van der Waals surface area contributed by atoms with Crippen LogP contribution in [0.25, 0.3) is 0 Å². The van der Waals surface area contributed by atoms with Crippen LogP contribution in [0.4, 0.5) is 9.93 Å². The van der Waals surface area contributed by atoms with Gasteiger partial charge in [-0.3, -0.25) is 9.59 Å². The van der Waals surface area contributed by atoms with Crippen LogP contribution < -0.4 is 15.4 Å². The summed E-state index contributed by atoms with van der Waals surface area (Å²) in [6.45, 7) is 1.54. The number of methoxy groups -OCH3 is 2. The lowest BCUT2D eigenvalue weighted by molar-refractivity contribution is -0.137. The van der Waals surface area contributed by atoms with Crippen molar-refractivity contribution in [2.24, 2.45) is 0 Å². The molecule has 1 aliphatic heterocycles. The molecule has 1 aromatic heterocycles. The summed E-state index contributed by atoms with van der Waals surface area (Å²) in [7, 11) is 2.85. The molecule has 1 aromatic carbocycles. The molecule has 1 aliphatic rings. The number of imide groups is 1. The molecule has 0 radical (unpaired) electrons. The SMILES string of the molecule is COc1ccc([C@H]2NC(=O)N([C@H](C(=O)Nc3nc(C(=O)O)cs3)[C@@H](C)OC)C2=O)cc1. The number of benzene rings is 1. The molecule has 3 atom stereocenters. The first-order valence-corrected chi connectivity index (χ1v) is 9.94. The zero-order chi connectivity index (χ0) is 22.7. The third-order valence-corrected chi connectivity index (χ3v) is 5.49. The highest BCUT2D eigenvalue weighted by Crippen LogP contribution is 2.27. The van der Waals surface area contributed by atoms with E-state index in [4.69, 9.17) is 14.6 Å². The van der Waals surface area contributed by atoms with Gasteiger partial charge in [-0.15, -0.1) is 11.3 Å². The van der Waals surface area contributed by atoms with Crippen molar-refractivity contribution >= 4 is 40.3 Å². The Labute approximate surface area is 181 Å². The van der Waals surface area contributed by atoms with Gasteiger partial charge in [-0.1, -0.05) is 12.1 Å². The lowest BCUT2D eigenvalue weighted by Gasteiger charge is -2.28. The summed E-state index contributed by atoms with van der Waals surface area (Å²) in [5, 5.41) is 15.3. The number of urea groups is 1. The number of carboxylic acids is 1. The second-order valence-electron chi connectivity index (χ2n) is 6.58. The Morgan fingerprint density at radius 2 is 1.94 bits per heavy atom. The monoisotopic (exact) mass is 448 g/mol. The van der Waals surface area contributed by atoms with E-state index in [9.17, 15) is 19.2 Å². The lowest BCUT2D eigenvalue weighted by atomic mass is 10.1. The van der Waals surface area contributed by atoms with Gasteiger partial charge >= 0.3 is 12.0 Å². The highest BCUT2D eigenvalue weighted by molar-refractivity contribution is 7.14. The number of thiazole rings is 1. The second kappa shape index (κ2) is 9.10. The quantitative estimate of drug-likeness (QED) is 0.515. The Morgan fingerprint density at radius 1 is 1.26 bits per heavy atom. The molecule has 0 aliphatic carbocycles. The smallest absolute Gasteiger partial charge is 0.355 e. The summed E-state index contributed by atoms with van der Waals surface area (Å²) in [4.78, 5) is 54.2. The van der Waals surface area contributed by atoms with Crippen molar-refractivity contribution in [1.29, 1.82) is 0 Å². The maximum atomic E-state index is 13.1. The number of nitrogens with one attached hydrogen (secondary N) is 2. The number of rotatable bonds is 8. The number of carbonyl (C=O) groups is 4. The molecule has 4 amide bonds. The number of amides is 4. The number of carboxylic acid groups (broad SMARTS) is 1. The molecule has 1 fully saturated rings. The van der Waals surface area contributed by atoms with Gasteiger partial charge in [-0.25, -0.2) is 19.5 Å². The maximum Gasteiger partial charge on any atom is 0.355 e. The van der Waals surface area contributed by atoms with E-state index in [1.54, 1.807) is 24.3 Å². The number of aromatic carboxylic acids is 1. The Morgan fingerprint density at radius 3 is 2.48 bits per heavy atom. The molecular formula is C19H20N4O7S. The second-order valence-corrected chi connectivity index (χ2v) is 7.44. The van der Waals surface area contributed by atoms with Crippen LogP contribution in [0, 0.1) is 0 Å². The molecule has 0 saturated carbocycles. The van der Waals surface area contributed by atoms with E-state index in [0.717, 1.165) is 16.2 Å². The van der Waals surface area contributed by atoms with Gasteiger partial charge in [0.05, 0.1) is 13.2 Å². The van der Waals surface area contributed by atoms with Gasteiger partial charge in [-0.05, 0) is 24.6 Å². The molecule has 31 heavy (non-hydrogen) atoms. The first kappa shape index (κ1) is 22.2. The van der Waals surface area contributed by atoms with Crippen LogP contribution in [0.1, 0.15) is 29.0 Å². The van der Waals surface area contributed by atoms with E-state index in [-0.39, 0.29) is 10.8 Å². The van der Waals surface area contributed by atoms with Crippen LogP contribution in [0.3, 0.4) is 0 Å². The third kappa shape index (κ3) is 4.49. The molecule has 0 unspecified atom stereocenters. The zero-order valence-electron chi connectivity index (χ0n) is 16.8. The minimum absolute atomic E-state index is 0.0226. The number of carbonyl (C=O) groups excluding carboxylic acids is 3. The minimum atomic E-state index is -1.31. The minimum Gasteiger partial charge on any atom is -0.497 e. The summed E-state index contributed by atoms with van der Waals surface area (Å²) in [6.07, 6.45) is -0.844. The lowest BCUT2D eigenvalue weighted by Crippen LogP contribution is -2.53. The van der Waals surface area contributed by atoms with Crippen molar-refractivity contribution in [2.45, 2.75) is 25.1 Å². The van der Waals surface area contributed by atoms with E-state index >= 15 is 0 Å². The van der Waals surface area contributed by atoms with Gasteiger partial charge in [0.1, 0.15) is 17.8 Å². The highest BCUT2D eigenvalue weighted by Gasteiger charge is 2.47. The summed E-state index contributed by atoms with van der Waals surface area (Å²) in [6, 6.07) is 3.56. The Hall–Kier alpha value is -3.51. The molecular weight excluding hydrogens is 428 g/mol. The van der Waals surface area contributed by atoms with Crippen LogP contribution in [0.5, 0.6) is 5.75 Å². The fourth-order valence-corrected chi connectivity index (χ4v) is 3.74. The van der Waals surface area contributed by atoms with E-state index in [1.807, 2.05) is 0 Å². The Balaban J connectivity index is 1.84. The standard InChI is InChI=1S/C19H20N4O7S/c1-9(29-2)14(15(24)22-18-20-12(8-31-18)17(26)27)23-16(25)13(21-19(23)28)10-4-6-11(30-3)7-5-10/h4-9,13-14H,1-3H3,(H,21,28)(H,26,27)(H,20,22,24)/t9-,13-,14+/m1/s1. The normalized spacial score (nSPS) is 17.8. The number of anilines is 1. The Bertz CT molecular complexity index is 1010. The molecule has 12 heteroatoms. The molecule has 1 saturated heterocycles. The number of ether oxygens (including phenoxy) is 2. The van der Waals surface area contributed by atoms with E-state index in [1.165, 1.54) is 26.5 Å². The first-order chi connectivity index (χ1) is 14.8. The fourth-order valence-electron chi connectivity index (χ4n) is 3.06. The summed E-state index contributed by atoms with van der Waals surface area (Å²) in [5.74, 6) is -2.01. The summed E-state index contributed by atoms with van der Waals surface area (Å²) in [5.41, 5.74) is 0.295. The zero-order valence-corrected chi connectivity index (χ0v) is 17.6. The molecule has 3 rings (SSSR count). The fraction of sp³-hybridized carbons (Fsp3) is 0.316. The van der Waals surface area contributed by atoms with Gasteiger partial charge < -0.3 is 25.2 Å². The molecule has 0 spiro atoms. The third-order valence-electron chi connectivity index (χ3n) is 4.74. The number of hydrogen-bond donors (Lipinski definition) is 3. The predicted molar refractivity (Wildman–Crippen MR) is 109 cm³/mol. The van der Waals surface area contributed by atoms with Gasteiger partial charge in [0.2, 0.25) is 0 Å². The van der Waals surface area contributed by atoms with Crippen molar-refractivity contribution in [3.8, 4) is 5.75 Å². The number of aromatic nitrogens is 1. The van der Waals surface area contributed by atoms with Crippen molar-refractivity contribution in [2.75, 3.05) is 19.5 Å². The topological polar surface area (TPSA) is 147 Å². The highest BCUT2D eigenvalue weighted by atomic mass is 32.1. The van der Waals surface area contributed by atoms with Crippen molar-refractivity contribution in [3.63, 3.8) is 0 Å². The van der Waals surface area contributed by atoms with E-state index in [0.29, 0.717) is 11.3 Å². The van der Waals surface area contributed by atoms with Gasteiger partial charge in [-0.2, -0.15) is 0 Å². The number of nitrogens with zero attached hydrogens (tertiary/aromatic N) is 2. The summed E-state index contributed by atoms with van der Waals surface area (Å²) < 4.78 is 10.3. The van der Waals surface area contributed by atoms with Gasteiger partial charge in [0.25, 0.3) is 11.8 Å². The molecule has 2 heterocycles. The van der Waals surface area contributed by atoms with E-state index < -0.39 is 42.0 Å². The Kier molecular flexibility index (Phi) is 6.51. The van der Waals surface area contributed by atoms with Crippen molar-refractivity contribution in [3.05, 3.63) is 40.9 Å². The van der Waals surface area contributed by atoms with Crippen LogP contribution in [-0.4, -0.2) is 65.2 Å². The van der Waals surface area contributed by atoms with Crippen LogP contribution in [0.2, 0.25) is 0 Å². The van der Waals surface area contributed by atoms with Crippen LogP contribution in [0.15, 0.2) is 29.6 Å². The molecule has 11 nitrogen and oxygen atoms in total. The van der Waals surface area contributed by atoms with Gasteiger partial charge in [0.15, 0.2) is 10.8 Å².